The minimum absolute atomic E-state index is 0.0971. The molecule has 4 aromatic rings. The number of pyridine rings is 1. The number of Topliss-reactive ketones (excluding diaryl/α,β-unsaturated/α-hetero) is 1. The van der Waals surface area contributed by atoms with Gasteiger partial charge in [0, 0.05) is 36.9 Å². The molecule has 6 rings (SSSR count). The third kappa shape index (κ3) is 7.15. The minimum Gasteiger partial charge on any atom is -0.484 e. The number of aromatic nitrogens is 5. The predicted octanol–water partition coefficient (Wildman–Crippen LogP) is 6.63. The molecule has 4 heterocycles. The quantitative estimate of drug-likeness (QED) is 0.185. The second-order valence-electron chi connectivity index (χ2n) is 14.1. The highest BCUT2D eigenvalue weighted by Crippen LogP contribution is 2.39. The van der Waals surface area contributed by atoms with Crippen LogP contribution >= 0.6 is 0 Å². The summed E-state index contributed by atoms with van der Waals surface area (Å²) >= 11 is 0. The fourth-order valence-corrected chi connectivity index (χ4v) is 6.72. The maximum atomic E-state index is 13.4. The lowest BCUT2D eigenvalue weighted by Crippen LogP contribution is -2.44. The molecule has 1 aliphatic heterocycles. The third-order valence-electron chi connectivity index (χ3n) is 9.37. The Morgan fingerprint density at radius 1 is 1.00 bits per heavy atom. The van der Waals surface area contributed by atoms with Crippen LogP contribution in [0, 0.1) is 5.92 Å². The van der Waals surface area contributed by atoms with E-state index in [9.17, 15) is 9.59 Å². The largest absolute Gasteiger partial charge is 0.484 e. The first-order valence-electron chi connectivity index (χ1n) is 16.8. The number of carbonyl (C=O) groups excluding carboxylic acids is 2. The zero-order valence-electron chi connectivity index (χ0n) is 28.3. The summed E-state index contributed by atoms with van der Waals surface area (Å²) < 4.78 is 8.62. The van der Waals surface area contributed by atoms with E-state index in [2.05, 4.69) is 55.6 Å². The number of nitrogens with one attached hydrogen (secondary N) is 2. The fourth-order valence-electron chi connectivity index (χ4n) is 6.72. The molecule has 1 aliphatic carbocycles. The number of rotatable bonds is 10. The van der Waals surface area contributed by atoms with Crippen LogP contribution in [0.15, 0.2) is 48.7 Å². The van der Waals surface area contributed by atoms with Crippen molar-refractivity contribution in [3.8, 4) is 5.75 Å². The molecule has 2 N–H and O–H groups in total. The molecule has 2 atom stereocenters. The standard InChI is InChI=1S/C36H46N8O3/c1-7-23(8-2)34-42-41-32-16-13-24(21-44(32)34)47-29-15-14-27(25-11-9-10-12-26(25)29)37-35(46)40-31-18-30(36(3,4)5)38-33(39-31)28(45)17-22-19-43(6)20-22/h9-13,16,18,21-23,27,29H,7-8,14-15,17,19-20H2,1-6H3,(H2,37,38,39,40,46)/t27-,29+/m0/s1. The Labute approximate surface area is 276 Å². The van der Waals surface area contributed by atoms with Crippen molar-refractivity contribution in [2.24, 2.45) is 5.92 Å². The summed E-state index contributed by atoms with van der Waals surface area (Å²) in [5, 5.41) is 14.9. The van der Waals surface area contributed by atoms with Gasteiger partial charge in [-0.15, -0.1) is 10.2 Å². The highest BCUT2D eigenvalue weighted by molar-refractivity contribution is 5.94. The van der Waals surface area contributed by atoms with Crippen LogP contribution in [0.3, 0.4) is 0 Å². The van der Waals surface area contributed by atoms with Gasteiger partial charge in [0.25, 0.3) is 0 Å². The maximum absolute atomic E-state index is 13.4. The number of urea groups is 1. The number of ketones is 1. The highest BCUT2D eigenvalue weighted by Gasteiger charge is 2.31. The van der Waals surface area contributed by atoms with E-state index in [1.54, 1.807) is 6.07 Å². The molecule has 3 aromatic heterocycles. The van der Waals surface area contributed by atoms with Crippen LogP contribution in [-0.4, -0.2) is 61.4 Å². The molecule has 0 unspecified atom stereocenters. The van der Waals surface area contributed by atoms with Crippen LogP contribution in [0.25, 0.3) is 5.65 Å². The Bertz CT molecular complexity index is 1750. The molecule has 248 valence electrons. The number of amides is 2. The van der Waals surface area contributed by atoms with Crippen molar-refractivity contribution < 1.29 is 14.3 Å². The number of fused-ring (bicyclic) bond motifs is 2. The molecule has 11 nitrogen and oxygen atoms in total. The van der Waals surface area contributed by atoms with Gasteiger partial charge in [-0.3, -0.25) is 14.5 Å². The van der Waals surface area contributed by atoms with Crippen LogP contribution in [0.2, 0.25) is 0 Å². The lowest BCUT2D eigenvalue weighted by atomic mass is 9.85. The van der Waals surface area contributed by atoms with Crippen molar-refractivity contribution >= 4 is 23.3 Å². The van der Waals surface area contributed by atoms with Crippen LogP contribution < -0.4 is 15.4 Å². The van der Waals surface area contributed by atoms with Gasteiger partial charge in [0.05, 0.1) is 17.9 Å². The number of likely N-dealkylation sites (tertiary alicyclic amines) is 1. The second-order valence-corrected chi connectivity index (χ2v) is 14.1. The Kier molecular flexibility index (Phi) is 9.27. The lowest BCUT2D eigenvalue weighted by molar-refractivity contribution is 0.0825. The lowest BCUT2D eigenvalue weighted by Gasteiger charge is -2.35. The molecule has 47 heavy (non-hydrogen) atoms. The number of ether oxygens (including phenoxy) is 1. The smallest absolute Gasteiger partial charge is 0.320 e. The van der Waals surface area contributed by atoms with Gasteiger partial charge >= 0.3 is 6.03 Å². The van der Waals surface area contributed by atoms with Crippen molar-refractivity contribution in [3.63, 3.8) is 0 Å². The van der Waals surface area contributed by atoms with Gasteiger partial charge < -0.3 is 15.0 Å². The van der Waals surface area contributed by atoms with E-state index in [0.29, 0.717) is 36.2 Å². The van der Waals surface area contributed by atoms with Gasteiger partial charge in [-0.2, -0.15) is 0 Å². The first-order chi connectivity index (χ1) is 22.5. The van der Waals surface area contributed by atoms with Crippen molar-refractivity contribution in [1.29, 1.82) is 0 Å². The average molecular weight is 639 g/mol. The molecular formula is C36H46N8O3. The van der Waals surface area contributed by atoms with E-state index in [1.807, 2.05) is 68.7 Å². The van der Waals surface area contributed by atoms with E-state index in [4.69, 9.17) is 4.74 Å². The zero-order valence-corrected chi connectivity index (χ0v) is 28.3. The van der Waals surface area contributed by atoms with E-state index in [1.165, 1.54) is 0 Å². The molecule has 1 saturated heterocycles. The number of hydrogen-bond acceptors (Lipinski definition) is 8. The maximum Gasteiger partial charge on any atom is 0.320 e. The van der Waals surface area contributed by atoms with Gasteiger partial charge in [0.1, 0.15) is 23.5 Å². The van der Waals surface area contributed by atoms with E-state index >= 15 is 0 Å². The highest BCUT2D eigenvalue weighted by atomic mass is 16.5. The summed E-state index contributed by atoms with van der Waals surface area (Å²) in [7, 11) is 2.04. The van der Waals surface area contributed by atoms with E-state index < -0.39 is 0 Å². The van der Waals surface area contributed by atoms with Gasteiger partial charge in [0.2, 0.25) is 0 Å². The summed E-state index contributed by atoms with van der Waals surface area (Å²) in [5.74, 6) is 2.72. The molecule has 0 spiro atoms. The molecule has 2 aliphatic rings. The minimum atomic E-state index is -0.381. The SMILES string of the molecule is CCC(CC)c1nnc2ccc(O[C@@H]3CC[C@H](NC(=O)Nc4cc(C(C)(C)C)nc(C(=O)CC5CN(C)C5)n4)c4ccccc43)cn12. The van der Waals surface area contributed by atoms with Crippen LogP contribution in [0.5, 0.6) is 5.75 Å². The van der Waals surface area contributed by atoms with Crippen LogP contribution in [0.1, 0.15) is 118 Å². The Morgan fingerprint density at radius 2 is 1.74 bits per heavy atom. The Morgan fingerprint density at radius 3 is 2.45 bits per heavy atom. The van der Waals surface area contributed by atoms with Gasteiger partial charge in [-0.25, -0.2) is 14.8 Å². The molecule has 11 heteroatoms. The third-order valence-corrected chi connectivity index (χ3v) is 9.37. The van der Waals surface area contributed by atoms with Crippen molar-refractivity contribution in [2.75, 3.05) is 25.5 Å². The first kappa shape index (κ1) is 32.6. The predicted molar refractivity (Wildman–Crippen MR) is 181 cm³/mol. The van der Waals surface area contributed by atoms with E-state index in [-0.39, 0.29) is 35.2 Å². The van der Waals surface area contributed by atoms with Gasteiger partial charge in [-0.05, 0) is 61.9 Å². The molecule has 1 aromatic carbocycles. The summed E-state index contributed by atoms with van der Waals surface area (Å²) in [6.45, 7) is 12.2. The number of nitrogens with zero attached hydrogens (tertiary/aromatic N) is 6. The number of benzene rings is 1. The number of hydrogen-bond donors (Lipinski definition) is 2. The topological polar surface area (TPSA) is 127 Å². The molecule has 2 amide bonds. The Hall–Kier alpha value is -4.38. The van der Waals surface area contributed by atoms with Crippen molar-refractivity contribution in [3.05, 3.63) is 77.1 Å². The zero-order chi connectivity index (χ0) is 33.3. The summed E-state index contributed by atoms with van der Waals surface area (Å²) in [5.41, 5.74) is 3.24. The number of anilines is 1. The normalized spacial score (nSPS) is 18.5. The van der Waals surface area contributed by atoms with Gasteiger partial charge in [-0.1, -0.05) is 58.9 Å². The van der Waals surface area contributed by atoms with Crippen LogP contribution in [-0.2, 0) is 5.41 Å². The summed E-state index contributed by atoms with van der Waals surface area (Å²) in [6.07, 6.45) is 5.62. The molecule has 0 bridgehead atoms. The van der Waals surface area contributed by atoms with Gasteiger partial charge in [0.15, 0.2) is 17.3 Å². The van der Waals surface area contributed by atoms with Crippen molar-refractivity contribution in [1.82, 2.24) is 34.8 Å². The molecule has 0 radical (unpaired) electrons. The van der Waals surface area contributed by atoms with Crippen molar-refractivity contribution in [2.45, 2.75) is 90.2 Å². The van der Waals surface area contributed by atoms with E-state index in [0.717, 1.165) is 60.7 Å². The monoisotopic (exact) mass is 638 g/mol. The second kappa shape index (κ2) is 13.4. The summed E-state index contributed by atoms with van der Waals surface area (Å²) in [6, 6.07) is 13.1. The molecule has 0 saturated carbocycles. The number of carbonyl (C=O) groups is 2. The first-order valence-corrected chi connectivity index (χ1v) is 16.8. The average Bonchev–Trinajstić information content (AvgIpc) is 3.44. The Balaban J connectivity index is 1.16. The molecular weight excluding hydrogens is 592 g/mol. The van der Waals surface area contributed by atoms with Crippen LogP contribution in [0.4, 0.5) is 10.6 Å². The summed E-state index contributed by atoms with van der Waals surface area (Å²) in [4.78, 5) is 37.8. The fraction of sp³-hybridized carbons (Fsp3) is 0.500. The molecule has 1 fully saturated rings.